The molecule has 2 aromatic rings. The van der Waals surface area contributed by atoms with Crippen LogP contribution >= 0.6 is 11.3 Å². The van der Waals surface area contributed by atoms with Crippen LogP contribution in [0.4, 0.5) is 5.13 Å². The Labute approximate surface area is 163 Å². The van der Waals surface area contributed by atoms with Gasteiger partial charge in [0.1, 0.15) is 0 Å². The SMILES string of the molecule is C[C@@H]1CC[C@H]2[C@@H](CCCN2C(=O)Cc2csc(NC(=O)c3ccco3)n2)C1. The van der Waals surface area contributed by atoms with Gasteiger partial charge in [0.25, 0.3) is 5.91 Å². The Hall–Kier alpha value is -2.15. The summed E-state index contributed by atoms with van der Waals surface area (Å²) in [7, 11) is 0. The van der Waals surface area contributed by atoms with Gasteiger partial charge < -0.3 is 9.32 Å². The zero-order chi connectivity index (χ0) is 18.8. The average Bonchev–Trinajstić information content (AvgIpc) is 3.33. The minimum atomic E-state index is -0.331. The largest absolute Gasteiger partial charge is 0.459 e. The number of thiazole rings is 1. The van der Waals surface area contributed by atoms with Crippen LogP contribution in [0.15, 0.2) is 28.2 Å². The molecule has 0 unspecified atom stereocenters. The zero-order valence-electron chi connectivity index (χ0n) is 15.5. The maximum atomic E-state index is 12.9. The van der Waals surface area contributed by atoms with Crippen LogP contribution in [0.3, 0.4) is 0 Å². The Morgan fingerprint density at radius 3 is 3.07 bits per heavy atom. The summed E-state index contributed by atoms with van der Waals surface area (Å²) in [6.07, 6.45) is 7.68. The lowest BCUT2D eigenvalue weighted by atomic mass is 9.74. The van der Waals surface area contributed by atoms with Crippen LogP contribution < -0.4 is 5.32 Å². The third-order valence-corrected chi connectivity index (χ3v) is 6.56. The predicted octanol–water partition coefficient (Wildman–Crippen LogP) is 3.96. The molecule has 2 fully saturated rings. The van der Waals surface area contributed by atoms with Crippen LogP contribution in [-0.2, 0) is 11.2 Å². The Balaban J connectivity index is 1.37. The second kappa shape index (κ2) is 7.84. The van der Waals surface area contributed by atoms with Crippen molar-refractivity contribution in [2.45, 2.75) is 51.5 Å². The van der Waals surface area contributed by atoms with Crippen molar-refractivity contribution in [3.63, 3.8) is 0 Å². The molecule has 7 heteroatoms. The van der Waals surface area contributed by atoms with Crippen molar-refractivity contribution < 1.29 is 14.0 Å². The summed E-state index contributed by atoms with van der Waals surface area (Å²) in [6, 6.07) is 3.67. The minimum Gasteiger partial charge on any atom is -0.459 e. The fourth-order valence-corrected chi connectivity index (χ4v) is 5.18. The number of piperidine rings is 1. The lowest BCUT2D eigenvalue weighted by Crippen LogP contribution is -2.51. The van der Waals surface area contributed by atoms with E-state index in [4.69, 9.17) is 4.42 Å². The number of likely N-dealkylation sites (tertiary alicyclic amines) is 1. The van der Waals surface area contributed by atoms with Crippen molar-refractivity contribution in [2.75, 3.05) is 11.9 Å². The first-order valence-electron chi connectivity index (χ1n) is 9.69. The normalized spacial score (nSPS) is 25.1. The van der Waals surface area contributed by atoms with Crippen LogP contribution in [0.5, 0.6) is 0 Å². The molecule has 1 N–H and O–H groups in total. The fourth-order valence-electron chi connectivity index (χ4n) is 4.47. The van der Waals surface area contributed by atoms with Crippen molar-refractivity contribution in [3.8, 4) is 0 Å². The first kappa shape index (κ1) is 18.2. The quantitative estimate of drug-likeness (QED) is 0.862. The molecule has 4 rings (SSSR count). The number of anilines is 1. The van der Waals surface area contributed by atoms with E-state index in [2.05, 4.69) is 22.1 Å². The van der Waals surface area contributed by atoms with E-state index < -0.39 is 0 Å². The van der Waals surface area contributed by atoms with Gasteiger partial charge in [0.2, 0.25) is 5.91 Å². The molecule has 1 saturated carbocycles. The van der Waals surface area contributed by atoms with E-state index in [1.807, 2.05) is 5.38 Å². The Kier molecular flexibility index (Phi) is 5.29. The molecule has 1 aliphatic heterocycles. The van der Waals surface area contributed by atoms with E-state index in [1.165, 1.54) is 36.9 Å². The van der Waals surface area contributed by atoms with Gasteiger partial charge in [-0.15, -0.1) is 11.3 Å². The summed E-state index contributed by atoms with van der Waals surface area (Å²) in [4.78, 5) is 31.4. The van der Waals surface area contributed by atoms with Crippen molar-refractivity contribution >= 4 is 28.3 Å². The number of fused-ring (bicyclic) bond motifs is 1. The summed E-state index contributed by atoms with van der Waals surface area (Å²) in [6.45, 7) is 3.19. The van der Waals surface area contributed by atoms with Gasteiger partial charge in [-0.2, -0.15) is 0 Å². The zero-order valence-corrected chi connectivity index (χ0v) is 16.3. The summed E-state index contributed by atoms with van der Waals surface area (Å²) >= 11 is 1.33. The molecule has 2 amide bonds. The van der Waals surface area contributed by atoms with Crippen molar-refractivity contribution in [1.82, 2.24) is 9.88 Å². The van der Waals surface area contributed by atoms with Crippen LogP contribution in [0.1, 0.15) is 55.3 Å². The summed E-state index contributed by atoms with van der Waals surface area (Å²) in [5, 5.41) is 5.05. The number of amides is 2. The number of carbonyl (C=O) groups is 2. The monoisotopic (exact) mass is 387 g/mol. The molecule has 2 aliphatic rings. The second-order valence-electron chi connectivity index (χ2n) is 7.73. The van der Waals surface area contributed by atoms with Gasteiger partial charge in [-0.1, -0.05) is 6.92 Å². The van der Waals surface area contributed by atoms with Crippen LogP contribution in [0.2, 0.25) is 0 Å². The van der Waals surface area contributed by atoms with Crippen LogP contribution in [-0.4, -0.2) is 34.3 Å². The molecular weight excluding hydrogens is 362 g/mol. The lowest BCUT2D eigenvalue weighted by molar-refractivity contribution is -0.137. The molecule has 144 valence electrons. The maximum absolute atomic E-state index is 12.9. The smallest absolute Gasteiger partial charge is 0.293 e. The molecule has 3 heterocycles. The molecule has 2 aromatic heterocycles. The number of nitrogens with zero attached hydrogens (tertiary/aromatic N) is 2. The molecule has 1 saturated heterocycles. The number of hydrogen-bond donors (Lipinski definition) is 1. The lowest BCUT2D eigenvalue weighted by Gasteiger charge is -2.45. The summed E-state index contributed by atoms with van der Waals surface area (Å²) in [5.74, 6) is 1.51. The van der Waals surface area contributed by atoms with Gasteiger partial charge in [-0.3, -0.25) is 14.9 Å². The molecule has 0 bridgehead atoms. The molecule has 0 radical (unpaired) electrons. The van der Waals surface area contributed by atoms with E-state index in [0.717, 1.165) is 25.3 Å². The highest BCUT2D eigenvalue weighted by Gasteiger charge is 2.37. The first-order chi connectivity index (χ1) is 13.1. The van der Waals surface area contributed by atoms with E-state index in [-0.39, 0.29) is 17.6 Å². The van der Waals surface area contributed by atoms with E-state index in [1.54, 1.807) is 12.1 Å². The number of aromatic nitrogens is 1. The Bertz CT molecular complexity index is 801. The van der Waals surface area contributed by atoms with Gasteiger partial charge in [0.05, 0.1) is 18.4 Å². The molecule has 3 atom stereocenters. The second-order valence-corrected chi connectivity index (χ2v) is 8.59. The summed E-state index contributed by atoms with van der Waals surface area (Å²) in [5.41, 5.74) is 0.714. The molecule has 0 spiro atoms. The average molecular weight is 388 g/mol. The molecular formula is C20H25N3O3S. The maximum Gasteiger partial charge on any atom is 0.293 e. The molecule has 1 aliphatic carbocycles. The van der Waals surface area contributed by atoms with Gasteiger partial charge in [-0.05, 0) is 56.1 Å². The number of hydrogen-bond acceptors (Lipinski definition) is 5. The van der Waals surface area contributed by atoms with Crippen molar-refractivity contribution in [3.05, 3.63) is 35.2 Å². The van der Waals surface area contributed by atoms with Gasteiger partial charge >= 0.3 is 0 Å². The molecule has 0 aromatic carbocycles. The molecule has 6 nitrogen and oxygen atoms in total. The van der Waals surface area contributed by atoms with E-state index in [0.29, 0.717) is 29.2 Å². The topological polar surface area (TPSA) is 75.4 Å². The number of furan rings is 1. The number of carbonyl (C=O) groups excluding carboxylic acids is 2. The van der Waals surface area contributed by atoms with Gasteiger partial charge in [0, 0.05) is 18.0 Å². The third kappa shape index (κ3) is 4.08. The Morgan fingerprint density at radius 1 is 1.37 bits per heavy atom. The van der Waals surface area contributed by atoms with Crippen LogP contribution in [0.25, 0.3) is 0 Å². The summed E-state index contributed by atoms with van der Waals surface area (Å²) < 4.78 is 5.08. The predicted molar refractivity (Wildman–Crippen MR) is 104 cm³/mol. The first-order valence-corrected chi connectivity index (χ1v) is 10.6. The third-order valence-electron chi connectivity index (χ3n) is 5.75. The van der Waals surface area contributed by atoms with Crippen molar-refractivity contribution in [2.24, 2.45) is 11.8 Å². The van der Waals surface area contributed by atoms with E-state index >= 15 is 0 Å². The molecule has 27 heavy (non-hydrogen) atoms. The van der Waals surface area contributed by atoms with Crippen LogP contribution in [0, 0.1) is 11.8 Å². The van der Waals surface area contributed by atoms with Gasteiger partial charge in [0.15, 0.2) is 10.9 Å². The Morgan fingerprint density at radius 2 is 2.26 bits per heavy atom. The number of rotatable bonds is 4. The van der Waals surface area contributed by atoms with Crippen molar-refractivity contribution in [1.29, 1.82) is 0 Å². The highest BCUT2D eigenvalue weighted by Crippen LogP contribution is 2.38. The standard InChI is InChI=1S/C20H25N3O3S/c1-13-6-7-16-14(10-13)4-2-8-23(16)18(24)11-15-12-27-20(21-15)22-19(25)17-5-3-9-26-17/h3,5,9,12-14,16H,2,4,6-8,10-11H2,1H3,(H,21,22,25)/t13-,14+,16+/m1/s1. The van der Waals surface area contributed by atoms with Gasteiger partial charge in [-0.25, -0.2) is 4.98 Å². The van der Waals surface area contributed by atoms with E-state index in [9.17, 15) is 9.59 Å². The minimum absolute atomic E-state index is 0.161. The highest BCUT2D eigenvalue weighted by molar-refractivity contribution is 7.14. The number of nitrogens with one attached hydrogen (secondary N) is 1. The highest BCUT2D eigenvalue weighted by atomic mass is 32.1. The fraction of sp³-hybridized carbons (Fsp3) is 0.550.